The van der Waals surface area contributed by atoms with Crippen molar-refractivity contribution in [1.29, 1.82) is 0 Å². The summed E-state index contributed by atoms with van der Waals surface area (Å²) in [6.07, 6.45) is 1.67. The second kappa shape index (κ2) is 7.91. The second-order valence-electron chi connectivity index (χ2n) is 7.69. The van der Waals surface area contributed by atoms with Gasteiger partial charge in [0.2, 0.25) is 0 Å². The smallest absolute Gasteiger partial charge is 0.324 e. The van der Waals surface area contributed by atoms with Crippen LogP contribution in [0.1, 0.15) is 25.0 Å². The Hall–Kier alpha value is -3.41. The van der Waals surface area contributed by atoms with E-state index >= 15 is 0 Å². The van der Waals surface area contributed by atoms with E-state index in [2.05, 4.69) is 18.8 Å². The maximum absolute atomic E-state index is 13.3. The van der Waals surface area contributed by atoms with Crippen LogP contribution in [0.2, 0.25) is 0 Å². The molecule has 0 N–H and O–H groups in total. The van der Waals surface area contributed by atoms with Gasteiger partial charge in [-0.1, -0.05) is 74.5 Å². The third-order valence-corrected chi connectivity index (χ3v) is 4.91. The van der Waals surface area contributed by atoms with E-state index < -0.39 is 0 Å². The molecule has 0 saturated carbocycles. The monoisotopic (exact) mass is 388 g/mol. The Morgan fingerprint density at radius 1 is 0.828 bits per heavy atom. The standard InChI is InChI=1S/C23H24N4O2/c1-17(2)13-25-16-24-21-20(25)22(28)27(15-19-11-7-4-8-12-19)23(29)26(21)14-18-9-5-3-6-10-18/h3-12,16-17H,13-15H2,1-2H3. The molecule has 0 aliphatic heterocycles. The zero-order valence-corrected chi connectivity index (χ0v) is 16.7. The molecule has 6 heteroatoms. The van der Waals surface area contributed by atoms with E-state index in [-0.39, 0.29) is 17.8 Å². The minimum atomic E-state index is -0.343. The summed E-state index contributed by atoms with van der Waals surface area (Å²) in [4.78, 5) is 31.1. The number of hydrogen-bond donors (Lipinski definition) is 0. The predicted molar refractivity (Wildman–Crippen MR) is 114 cm³/mol. The lowest BCUT2D eigenvalue weighted by atomic mass is 10.2. The highest BCUT2D eigenvalue weighted by Crippen LogP contribution is 2.12. The van der Waals surface area contributed by atoms with Gasteiger partial charge in [0.25, 0.3) is 5.56 Å². The fourth-order valence-electron chi connectivity index (χ4n) is 3.58. The Morgan fingerprint density at radius 3 is 1.93 bits per heavy atom. The minimum absolute atomic E-state index is 0.232. The summed E-state index contributed by atoms with van der Waals surface area (Å²) < 4.78 is 4.79. The van der Waals surface area contributed by atoms with Crippen molar-refractivity contribution >= 4 is 11.2 Å². The van der Waals surface area contributed by atoms with Crippen LogP contribution in [0.15, 0.2) is 76.6 Å². The van der Waals surface area contributed by atoms with E-state index in [0.717, 1.165) is 11.1 Å². The summed E-state index contributed by atoms with van der Waals surface area (Å²) in [5.41, 5.74) is 2.17. The normalized spacial score (nSPS) is 11.4. The Labute approximate surface area is 168 Å². The fraction of sp³-hybridized carbons (Fsp3) is 0.261. The fourth-order valence-corrected chi connectivity index (χ4v) is 3.58. The lowest BCUT2D eigenvalue weighted by Gasteiger charge is -2.13. The van der Waals surface area contributed by atoms with E-state index in [1.165, 1.54) is 4.57 Å². The van der Waals surface area contributed by atoms with E-state index in [0.29, 0.717) is 30.2 Å². The third-order valence-electron chi connectivity index (χ3n) is 4.91. The Morgan fingerprint density at radius 2 is 1.38 bits per heavy atom. The summed E-state index contributed by atoms with van der Waals surface area (Å²) in [5, 5.41) is 0. The van der Waals surface area contributed by atoms with Crippen LogP contribution in [0.25, 0.3) is 11.2 Å². The SMILES string of the molecule is CC(C)Cn1cnc2c1c(=O)n(Cc1ccccc1)c(=O)n2Cc1ccccc1. The van der Waals surface area contributed by atoms with Crippen LogP contribution >= 0.6 is 0 Å². The number of rotatable bonds is 6. The number of benzene rings is 2. The quantitative estimate of drug-likeness (QED) is 0.510. The van der Waals surface area contributed by atoms with Crippen LogP contribution in [0.5, 0.6) is 0 Å². The predicted octanol–water partition coefficient (Wildman–Crippen LogP) is 3.11. The van der Waals surface area contributed by atoms with Gasteiger partial charge >= 0.3 is 5.69 Å². The summed E-state index contributed by atoms with van der Waals surface area (Å²) in [5.74, 6) is 0.351. The van der Waals surface area contributed by atoms with Gasteiger partial charge in [-0.2, -0.15) is 0 Å². The van der Waals surface area contributed by atoms with E-state index in [1.807, 2.05) is 65.2 Å². The van der Waals surface area contributed by atoms with Crippen LogP contribution in [-0.2, 0) is 19.6 Å². The van der Waals surface area contributed by atoms with Crippen LogP contribution in [0.3, 0.4) is 0 Å². The first kappa shape index (κ1) is 18.9. The van der Waals surface area contributed by atoms with Crippen molar-refractivity contribution in [3.8, 4) is 0 Å². The molecule has 2 heterocycles. The first-order valence-corrected chi connectivity index (χ1v) is 9.81. The Balaban J connectivity index is 1.93. The lowest BCUT2D eigenvalue weighted by molar-refractivity contribution is 0.529. The molecule has 2 aromatic heterocycles. The average molecular weight is 388 g/mol. The lowest BCUT2D eigenvalue weighted by Crippen LogP contribution is -2.41. The van der Waals surface area contributed by atoms with Crippen molar-refractivity contribution < 1.29 is 0 Å². The molecule has 0 amide bonds. The van der Waals surface area contributed by atoms with Gasteiger partial charge in [-0.25, -0.2) is 9.78 Å². The molecule has 0 atom stereocenters. The van der Waals surface area contributed by atoms with Gasteiger partial charge in [0, 0.05) is 6.54 Å². The van der Waals surface area contributed by atoms with Crippen molar-refractivity contribution in [2.24, 2.45) is 5.92 Å². The first-order chi connectivity index (χ1) is 14.0. The van der Waals surface area contributed by atoms with E-state index in [4.69, 9.17) is 0 Å². The van der Waals surface area contributed by atoms with E-state index in [9.17, 15) is 9.59 Å². The molecule has 4 aromatic rings. The van der Waals surface area contributed by atoms with Crippen molar-refractivity contribution in [2.45, 2.75) is 33.5 Å². The van der Waals surface area contributed by atoms with Gasteiger partial charge in [-0.15, -0.1) is 0 Å². The van der Waals surface area contributed by atoms with Gasteiger partial charge in [0.1, 0.15) is 0 Å². The van der Waals surface area contributed by atoms with Crippen LogP contribution in [0.4, 0.5) is 0 Å². The molecular formula is C23H24N4O2. The van der Waals surface area contributed by atoms with Crippen LogP contribution < -0.4 is 11.2 Å². The highest BCUT2D eigenvalue weighted by molar-refractivity contribution is 5.70. The molecule has 148 valence electrons. The number of aromatic nitrogens is 4. The zero-order chi connectivity index (χ0) is 20.4. The molecule has 0 unspecified atom stereocenters. The van der Waals surface area contributed by atoms with Gasteiger partial charge in [0.05, 0.1) is 19.4 Å². The summed E-state index contributed by atoms with van der Waals surface area (Å²) in [6, 6.07) is 19.3. The molecule has 0 saturated heterocycles. The second-order valence-corrected chi connectivity index (χ2v) is 7.69. The zero-order valence-electron chi connectivity index (χ0n) is 16.7. The molecule has 0 fully saturated rings. The summed E-state index contributed by atoms with van der Waals surface area (Å²) in [6.45, 7) is 5.45. The Kier molecular flexibility index (Phi) is 5.16. The van der Waals surface area contributed by atoms with Gasteiger partial charge in [-0.3, -0.25) is 13.9 Å². The van der Waals surface area contributed by atoms with Crippen LogP contribution in [0, 0.1) is 5.92 Å². The van der Waals surface area contributed by atoms with Gasteiger partial charge < -0.3 is 4.57 Å². The average Bonchev–Trinajstić information content (AvgIpc) is 3.13. The number of nitrogens with zero attached hydrogens (tertiary/aromatic N) is 4. The van der Waals surface area contributed by atoms with Crippen molar-refractivity contribution in [1.82, 2.24) is 18.7 Å². The first-order valence-electron chi connectivity index (χ1n) is 9.81. The number of imidazole rings is 1. The molecule has 0 aliphatic carbocycles. The van der Waals surface area contributed by atoms with Gasteiger partial charge in [-0.05, 0) is 17.0 Å². The van der Waals surface area contributed by atoms with Crippen LogP contribution in [-0.4, -0.2) is 18.7 Å². The largest absolute Gasteiger partial charge is 0.333 e. The molecule has 0 aliphatic rings. The molecule has 0 bridgehead atoms. The number of hydrogen-bond acceptors (Lipinski definition) is 3. The molecule has 6 nitrogen and oxygen atoms in total. The summed E-state index contributed by atoms with van der Waals surface area (Å²) in [7, 11) is 0. The van der Waals surface area contributed by atoms with Crippen molar-refractivity contribution in [3.05, 3.63) is 99.0 Å². The molecule has 2 aromatic carbocycles. The summed E-state index contributed by atoms with van der Waals surface area (Å²) >= 11 is 0. The molecule has 29 heavy (non-hydrogen) atoms. The van der Waals surface area contributed by atoms with Crippen molar-refractivity contribution in [3.63, 3.8) is 0 Å². The Bertz CT molecular complexity index is 1240. The topological polar surface area (TPSA) is 61.8 Å². The molecular weight excluding hydrogens is 364 g/mol. The highest BCUT2D eigenvalue weighted by atomic mass is 16.2. The van der Waals surface area contributed by atoms with Gasteiger partial charge in [0.15, 0.2) is 11.2 Å². The van der Waals surface area contributed by atoms with Crippen molar-refractivity contribution in [2.75, 3.05) is 0 Å². The minimum Gasteiger partial charge on any atom is -0.324 e. The number of fused-ring (bicyclic) bond motifs is 1. The maximum Gasteiger partial charge on any atom is 0.333 e. The molecule has 0 spiro atoms. The highest BCUT2D eigenvalue weighted by Gasteiger charge is 2.19. The van der Waals surface area contributed by atoms with E-state index in [1.54, 1.807) is 10.9 Å². The maximum atomic E-state index is 13.3. The third kappa shape index (κ3) is 3.78. The molecule has 0 radical (unpaired) electrons. The molecule has 4 rings (SSSR count).